The summed E-state index contributed by atoms with van der Waals surface area (Å²) in [5, 5.41) is 9.08. The first-order valence-corrected chi connectivity index (χ1v) is 6.53. The number of amides is 3. The smallest absolute Gasteiger partial charge is 0.321 e. The number of nitrogens with one attached hydrogen (secondary N) is 2. The van der Waals surface area contributed by atoms with Crippen molar-refractivity contribution < 1.29 is 14.1 Å². The van der Waals surface area contributed by atoms with Crippen molar-refractivity contribution in [3.8, 4) is 0 Å². The average Bonchev–Trinajstić information content (AvgIpc) is 3.07. The SMILES string of the molecule is Cc1cc(NC(=O)c2cccc(N3CCNC3=O)c2)no1. The quantitative estimate of drug-likeness (QED) is 0.900. The molecule has 0 radical (unpaired) electrons. The highest BCUT2D eigenvalue weighted by atomic mass is 16.5. The molecule has 0 atom stereocenters. The molecule has 7 nitrogen and oxygen atoms in total. The summed E-state index contributed by atoms with van der Waals surface area (Å²) < 4.78 is 4.89. The van der Waals surface area contributed by atoms with Crippen LogP contribution in [0.15, 0.2) is 34.9 Å². The lowest BCUT2D eigenvalue weighted by Crippen LogP contribution is -2.27. The van der Waals surface area contributed by atoms with Gasteiger partial charge in [-0.05, 0) is 25.1 Å². The third-order valence-corrected chi connectivity index (χ3v) is 3.15. The molecule has 1 aromatic carbocycles. The minimum Gasteiger partial charge on any atom is -0.360 e. The fourth-order valence-electron chi connectivity index (χ4n) is 2.15. The van der Waals surface area contributed by atoms with E-state index < -0.39 is 0 Å². The molecule has 1 aromatic heterocycles. The maximum Gasteiger partial charge on any atom is 0.321 e. The van der Waals surface area contributed by atoms with Crippen LogP contribution in [-0.4, -0.2) is 30.2 Å². The van der Waals surface area contributed by atoms with Crippen LogP contribution < -0.4 is 15.5 Å². The first-order valence-electron chi connectivity index (χ1n) is 6.53. The second kappa shape index (κ2) is 5.28. The molecule has 1 saturated heterocycles. The van der Waals surface area contributed by atoms with E-state index in [2.05, 4.69) is 15.8 Å². The van der Waals surface area contributed by atoms with Crippen LogP contribution in [-0.2, 0) is 0 Å². The second-order valence-electron chi connectivity index (χ2n) is 4.71. The van der Waals surface area contributed by atoms with Crippen LogP contribution >= 0.6 is 0 Å². The highest BCUT2D eigenvalue weighted by Crippen LogP contribution is 2.19. The highest BCUT2D eigenvalue weighted by molar-refractivity contribution is 6.05. The van der Waals surface area contributed by atoms with Gasteiger partial charge in [-0.3, -0.25) is 9.69 Å². The minimum atomic E-state index is -0.301. The Balaban J connectivity index is 1.79. The fourth-order valence-corrected chi connectivity index (χ4v) is 2.15. The Bertz CT molecular complexity index is 695. The van der Waals surface area contributed by atoms with Gasteiger partial charge < -0.3 is 15.2 Å². The predicted molar refractivity (Wildman–Crippen MR) is 76.4 cm³/mol. The van der Waals surface area contributed by atoms with Crippen molar-refractivity contribution in [2.24, 2.45) is 0 Å². The number of anilines is 2. The molecule has 2 aromatic rings. The van der Waals surface area contributed by atoms with Gasteiger partial charge in [0, 0.05) is 30.4 Å². The van der Waals surface area contributed by atoms with E-state index in [-0.39, 0.29) is 11.9 Å². The molecule has 7 heteroatoms. The van der Waals surface area contributed by atoms with Crippen molar-refractivity contribution in [1.29, 1.82) is 0 Å². The number of benzene rings is 1. The molecule has 0 spiro atoms. The van der Waals surface area contributed by atoms with Gasteiger partial charge in [0.1, 0.15) is 5.76 Å². The number of aromatic nitrogens is 1. The summed E-state index contributed by atoms with van der Waals surface area (Å²) in [5.74, 6) is 0.680. The van der Waals surface area contributed by atoms with E-state index in [0.717, 1.165) is 0 Å². The fraction of sp³-hybridized carbons (Fsp3) is 0.214. The van der Waals surface area contributed by atoms with Gasteiger partial charge in [-0.2, -0.15) is 0 Å². The molecule has 0 aliphatic carbocycles. The normalized spacial score (nSPS) is 14.1. The topological polar surface area (TPSA) is 87.5 Å². The van der Waals surface area contributed by atoms with Gasteiger partial charge in [0.2, 0.25) is 0 Å². The molecule has 0 unspecified atom stereocenters. The van der Waals surface area contributed by atoms with E-state index in [1.165, 1.54) is 0 Å². The van der Waals surface area contributed by atoms with Crippen molar-refractivity contribution in [2.75, 3.05) is 23.3 Å². The minimum absolute atomic E-state index is 0.153. The Morgan fingerprint density at radius 2 is 2.29 bits per heavy atom. The molecular weight excluding hydrogens is 272 g/mol. The number of nitrogens with zero attached hydrogens (tertiary/aromatic N) is 2. The Labute approximate surface area is 120 Å². The van der Waals surface area contributed by atoms with Crippen molar-refractivity contribution in [3.63, 3.8) is 0 Å². The van der Waals surface area contributed by atoms with Crippen LogP contribution in [0, 0.1) is 6.92 Å². The predicted octanol–water partition coefficient (Wildman–Crippen LogP) is 1.76. The van der Waals surface area contributed by atoms with Crippen molar-refractivity contribution in [1.82, 2.24) is 10.5 Å². The van der Waals surface area contributed by atoms with Gasteiger partial charge in [0.05, 0.1) is 0 Å². The maximum atomic E-state index is 12.2. The maximum absolute atomic E-state index is 12.2. The number of aryl methyl sites for hydroxylation is 1. The van der Waals surface area contributed by atoms with Crippen LogP contribution in [0.4, 0.5) is 16.3 Å². The van der Waals surface area contributed by atoms with Gasteiger partial charge in [-0.1, -0.05) is 11.2 Å². The molecule has 3 rings (SSSR count). The summed E-state index contributed by atoms with van der Waals surface area (Å²) >= 11 is 0. The Morgan fingerprint density at radius 3 is 2.95 bits per heavy atom. The van der Waals surface area contributed by atoms with Crippen LogP contribution in [0.1, 0.15) is 16.1 Å². The van der Waals surface area contributed by atoms with Crippen LogP contribution in [0.2, 0.25) is 0 Å². The number of carbonyl (C=O) groups excluding carboxylic acids is 2. The lowest BCUT2D eigenvalue weighted by atomic mass is 10.1. The number of hydrogen-bond donors (Lipinski definition) is 2. The average molecular weight is 286 g/mol. The van der Waals surface area contributed by atoms with Crippen LogP contribution in [0.3, 0.4) is 0 Å². The number of rotatable bonds is 3. The standard InChI is InChI=1S/C14H14N4O3/c1-9-7-12(17-21-9)16-13(19)10-3-2-4-11(8-10)18-6-5-15-14(18)20/h2-4,7-8H,5-6H2,1H3,(H,15,20)(H,16,17,19). The molecule has 0 saturated carbocycles. The van der Waals surface area contributed by atoms with Crippen molar-refractivity contribution in [2.45, 2.75) is 6.92 Å². The summed E-state index contributed by atoms with van der Waals surface area (Å²) in [7, 11) is 0. The molecule has 2 N–H and O–H groups in total. The monoisotopic (exact) mass is 286 g/mol. The molecule has 0 bridgehead atoms. The van der Waals surface area contributed by atoms with Crippen molar-refractivity contribution >= 4 is 23.4 Å². The van der Waals surface area contributed by atoms with Crippen molar-refractivity contribution in [3.05, 3.63) is 41.7 Å². The summed E-state index contributed by atoms with van der Waals surface area (Å²) in [5.41, 5.74) is 1.14. The third-order valence-electron chi connectivity index (χ3n) is 3.15. The molecule has 3 amide bonds. The molecular formula is C14H14N4O3. The third kappa shape index (κ3) is 2.71. The lowest BCUT2D eigenvalue weighted by Gasteiger charge is -2.14. The number of hydrogen-bond acceptors (Lipinski definition) is 4. The van der Waals surface area contributed by atoms with Gasteiger partial charge in [-0.15, -0.1) is 0 Å². The Kier molecular flexibility index (Phi) is 3.31. The van der Waals surface area contributed by atoms with E-state index in [1.54, 1.807) is 42.2 Å². The zero-order chi connectivity index (χ0) is 14.8. The second-order valence-corrected chi connectivity index (χ2v) is 4.71. The van der Waals surface area contributed by atoms with E-state index >= 15 is 0 Å². The van der Waals surface area contributed by atoms with Gasteiger partial charge >= 0.3 is 6.03 Å². The Hall–Kier alpha value is -2.83. The first kappa shape index (κ1) is 13.2. The largest absolute Gasteiger partial charge is 0.360 e. The summed E-state index contributed by atoms with van der Waals surface area (Å²) in [4.78, 5) is 25.4. The summed E-state index contributed by atoms with van der Waals surface area (Å²) in [6.45, 7) is 2.94. The van der Waals surface area contributed by atoms with E-state index in [4.69, 9.17) is 4.52 Å². The summed E-state index contributed by atoms with van der Waals surface area (Å²) in [6.07, 6.45) is 0. The van der Waals surface area contributed by atoms with Gasteiger partial charge in [0.15, 0.2) is 5.82 Å². The van der Waals surface area contributed by atoms with Crippen LogP contribution in [0.25, 0.3) is 0 Å². The van der Waals surface area contributed by atoms with Gasteiger partial charge in [0.25, 0.3) is 5.91 Å². The molecule has 2 heterocycles. The molecule has 21 heavy (non-hydrogen) atoms. The highest BCUT2D eigenvalue weighted by Gasteiger charge is 2.21. The molecule has 1 aliphatic rings. The van der Waals surface area contributed by atoms with E-state index in [0.29, 0.717) is 35.9 Å². The zero-order valence-electron chi connectivity index (χ0n) is 11.4. The number of urea groups is 1. The zero-order valence-corrected chi connectivity index (χ0v) is 11.4. The van der Waals surface area contributed by atoms with E-state index in [9.17, 15) is 9.59 Å². The Morgan fingerprint density at radius 1 is 1.43 bits per heavy atom. The van der Waals surface area contributed by atoms with Crippen LogP contribution in [0.5, 0.6) is 0 Å². The summed E-state index contributed by atoms with van der Waals surface area (Å²) in [6, 6.07) is 8.37. The number of carbonyl (C=O) groups is 2. The van der Waals surface area contributed by atoms with Gasteiger partial charge in [-0.25, -0.2) is 4.79 Å². The first-order chi connectivity index (χ1) is 10.1. The molecule has 1 fully saturated rings. The van der Waals surface area contributed by atoms with E-state index in [1.807, 2.05) is 0 Å². The molecule has 108 valence electrons. The lowest BCUT2D eigenvalue weighted by molar-refractivity contribution is 0.102. The molecule has 1 aliphatic heterocycles.